The van der Waals surface area contributed by atoms with E-state index in [1.54, 1.807) is 14.2 Å². The normalized spacial score (nSPS) is 28.8. The van der Waals surface area contributed by atoms with Gasteiger partial charge < -0.3 is 47.4 Å². The van der Waals surface area contributed by atoms with Crippen molar-refractivity contribution in [2.24, 2.45) is 0 Å². The second-order valence-corrected chi connectivity index (χ2v) is 19.8. The number of alkyl halides is 1. The number of hydrogen-bond acceptors (Lipinski definition) is 11. The molecule has 0 bridgehead atoms. The van der Waals surface area contributed by atoms with E-state index in [4.69, 9.17) is 53.9 Å². The molecule has 0 aromatic heterocycles. The number of methoxy groups -OCH3 is 2. The quantitative estimate of drug-likeness (QED) is 0.110. The molecule has 1 N–H and O–H groups in total. The summed E-state index contributed by atoms with van der Waals surface area (Å²) in [5, 5.41) is 11.5. The molecular formula is C38H57ClO11Si. The Bertz CT molecular complexity index is 1280. The van der Waals surface area contributed by atoms with Crippen molar-refractivity contribution in [3.8, 4) is 0 Å². The minimum atomic E-state index is -2.47. The van der Waals surface area contributed by atoms with E-state index in [9.17, 15) is 9.90 Å². The monoisotopic (exact) mass is 752 g/mol. The lowest BCUT2D eigenvalue weighted by molar-refractivity contribution is -0.373. The molecule has 0 unspecified atom stereocenters. The van der Waals surface area contributed by atoms with Crippen molar-refractivity contribution >= 4 is 25.9 Å². The minimum Gasteiger partial charge on any atom is -0.456 e. The topological polar surface area (TPSA) is 120 Å². The third-order valence-corrected chi connectivity index (χ3v) is 16.2. The Morgan fingerprint density at radius 1 is 0.824 bits per heavy atom. The Balaban J connectivity index is 1.68. The number of benzene rings is 2. The van der Waals surface area contributed by atoms with Gasteiger partial charge in [0.25, 0.3) is 0 Å². The van der Waals surface area contributed by atoms with Crippen LogP contribution in [-0.2, 0) is 60.3 Å². The average molecular weight is 753 g/mol. The standard InChI is InChI=1S/C38H57ClO11Si/c1-24(2)51(25(3)4,26(5)6)50-33-30(22-42-7)48-38(36(43-8)35(33)45-21-28-17-13-10-14-18-28)49-37-34(44-20-27-15-11-9-12-16-27)32(41)29(23-46-37)47-31(40)19-39/h9-18,24-26,29-30,32-38,41H,19-23H2,1-8H3/t29-,30+,32+,33+,34+,35-,36-,37-,38-/m0/s1. The van der Waals surface area contributed by atoms with Gasteiger partial charge in [-0.1, -0.05) is 102 Å². The second-order valence-electron chi connectivity index (χ2n) is 14.1. The van der Waals surface area contributed by atoms with Gasteiger partial charge >= 0.3 is 5.97 Å². The number of halogens is 1. The molecule has 9 atom stereocenters. The molecule has 0 radical (unpaired) electrons. The number of rotatable bonds is 18. The van der Waals surface area contributed by atoms with Gasteiger partial charge in [-0.25, -0.2) is 0 Å². The van der Waals surface area contributed by atoms with Crippen molar-refractivity contribution in [1.82, 2.24) is 0 Å². The van der Waals surface area contributed by atoms with E-state index in [-0.39, 0.29) is 25.7 Å². The number of carbonyl (C=O) groups excluding carboxylic acids is 1. The van der Waals surface area contributed by atoms with Crippen LogP contribution in [0.3, 0.4) is 0 Å². The zero-order valence-electron chi connectivity index (χ0n) is 31.1. The molecule has 2 aromatic carbocycles. The van der Waals surface area contributed by atoms with Gasteiger partial charge in [0.2, 0.25) is 8.32 Å². The van der Waals surface area contributed by atoms with Crippen LogP contribution >= 0.6 is 11.6 Å². The molecule has 51 heavy (non-hydrogen) atoms. The Hall–Kier alpha value is -1.94. The molecule has 2 aliphatic rings. The van der Waals surface area contributed by atoms with E-state index in [1.807, 2.05) is 60.7 Å². The zero-order valence-corrected chi connectivity index (χ0v) is 32.9. The van der Waals surface area contributed by atoms with E-state index in [2.05, 4.69) is 41.5 Å². The van der Waals surface area contributed by atoms with Gasteiger partial charge in [0.15, 0.2) is 18.7 Å². The summed E-state index contributed by atoms with van der Waals surface area (Å²) >= 11 is 5.69. The lowest BCUT2D eigenvalue weighted by Gasteiger charge is -2.52. The summed E-state index contributed by atoms with van der Waals surface area (Å²) < 4.78 is 57.0. The van der Waals surface area contributed by atoms with Crippen molar-refractivity contribution in [2.45, 2.75) is 127 Å². The van der Waals surface area contributed by atoms with Crippen LogP contribution in [0.2, 0.25) is 16.6 Å². The van der Waals surface area contributed by atoms with Gasteiger partial charge in [0.05, 0.1) is 26.4 Å². The lowest BCUT2D eigenvalue weighted by atomic mass is 9.98. The Kier molecular flexibility index (Phi) is 16.3. The van der Waals surface area contributed by atoms with Gasteiger partial charge in [0, 0.05) is 14.2 Å². The summed E-state index contributed by atoms with van der Waals surface area (Å²) in [6.45, 7) is 13.9. The molecule has 4 rings (SSSR count). The van der Waals surface area contributed by atoms with E-state index in [1.165, 1.54) is 0 Å². The van der Waals surface area contributed by atoms with Gasteiger partial charge in [0.1, 0.15) is 42.5 Å². The highest BCUT2D eigenvalue weighted by molar-refractivity contribution is 6.77. The summed E-state index contributed by atoms with van der Waals surface area (Å²) in [7, 11) is 0.727. The highest BCUT2D eigenvalue weighted by atomic mass is 35.5. The van der Waals surface area contributed by atoms with E-state index < -0.39 is 69.6 Å². The molecule has 2 heterocycles. The number of aliphatic hydroxyl groups excluding tert-OH is 1. The Morgan fingerprint density at radius 3 is 1.86 bits per heavy atom. The van der Waals surface area contributed by atoms with E-state index >= 15 is 0 Å². The van der Waals surface area contributed by atoms with Gasteiger partial charge in [-0.3, -0.25) is 4.79 Å². The number of carbonyl (C=O) groups is 1. The summed E-state index contributed by atoms with van der Waals surface area (Å²) in [4.78, 5) is 12.1. The SMILES string of the molecule is COC[C@H]1O[C@@H](O[C@@H]2OC[C@H](OC(=O)CCl)[C@@H](O)[C@H]2OCc2ccccc2)[C@@H](OC)[C@@H](OCc2ccccc2)[C@@H]1O[Si](C(C)C)(C(C)C)C(C)C. The second kappa shape index (κ2) is 19.9. The summed E-state index contributed by atoms with van der Waals surface area (Å²) in [6.07, 6.45) is -8.17. The number of hydrogen-bond donors (Lipinski definition) is 1. The largest absolute Gasteiger partial charge is 0.456 e. The molecule has 2 fully saturated rings. The molecule has 13 heteroatoms. The van der Waals surface area contributed by atoms with Crippen LogP contribution < -0.4 is 0 Å². The molecule has 0 aliphatic carbocycles. The summed E-state index contributed by atoms with van der Waals surface area (Å²) in [5.74, 6) is -1.05. The van der Waals surface area contributed by atoms with Crippen molar-refractivity contribution < 1.29 is 52.2 Å². The first-order valence-corrected chi connectivity index (χ1v) is 20.5. The van der Waals surface area contributed by atoms with E-state index in [0.717, 1.165) is 11.1 Å². The van der Waals surface area contributed by atoms with Crippen molar-refractivity contribution in [3.63, 3.8) is 0 Å². The zero-order chi connectivity index (χ0) is 37.1. The van der Waals surface area contributed by atoms with E-state index in [0.29, 0.717) is 23.2 Å². The van der Waals surface area contributed by atoms with Gasteiger partial charge in [-0.2, -0.15) is 0 Å². The van der Waals surface area contributed by atoms with Gasteiger partial charge in [-0.05, 0) is 27.8 Å². The first-order valence-electron chi connectivity index (χ1n) is 17.8. The molecule has 2 saturated heterocycles. The number of esters is 1. The predicted octanol–water partition coefficient (Wildman–Crippen LogP) is 5.99. The third-order valence-electron chi connectivity index (χ3n) is 9.88. The predicted molar refractivity (Wildman–Crippen MR) is 195 cm³/mol. The molecule has 0 saturated carbocycles. The molecule has 2 aromatic rings. The Morgan fingerprint density at radius 2 is 1.37 bits per heavy atom. The highest BCUT2D eigenvalue weighted by Gasteiger charge is 2.56. The minimum absolute atomic E-state index is 0.137. The number of ether oxygens (including phenoxy) is 8. The van der Waals surface area contributed by atoms with Crippen LogP contribution in [0.5, 0.6) is 0 Å². The first-order chi connectivity index (χ1) is 24.5. The summed E-state index contributed by atoms with van der Waals surface area (Å²) in [5.41, 5.74) is 2.75. The van der Waals surface area contributed by atoms with Gasteiger partial charge in [-0.15, -0.1) is 11.6 Å². The van der Waals surface area contributed by atoms with Crippen LogP contribution in [0.15, 0.2) is 60.7 Å². The highest BCUT2D eigenvalue weighted by Crippen LogP contribution is 2.45. The van der Waals surface area contributed by atoms with Crippen LogP contribution in [0.25, 0.3) is 0 Å². The molecule has 11 nitrogen and oxygen atoms in total. The fourth-order valence-corrected chi connectivity index (χ4v) is 13.2. The first kappa shape index (κ1) is 41.8. The van der Waals surface area contributed by atoms with Crippen LogP contribution in [0.4, 0.5) is 0 Å². The van der Waals surface area contributed by atoms with Crippen molar-refractivity contribution in [3.05, 3.63) is 71.8 Å². The van der Waals surface area contributed by atoms with Crippen LogP contribution in [-0.4, -0.2) is 108 Å². The van der Waals surface area contributed by atoms with Crippen molar-refractivity contribution in [2.75, 3.05) is 33.3 Å². The maximum absolute atomic E-state index is 12.1. The Labute approximate surface area is 309 Å². The lowest BCUT2D eigenvalue weighted by Crippen LogP contribution is -2.66. The van der Waals surface area contributed by atoms with Crippen LogP contribution in [0, 0.1) is 0 Å². The maximum Gasteiger partial charge on any atom is 0.321 e. The third kappa shape index (κ3) is 10.4. The fraction of sp³-hybridized carbons (Fsp3) is 0.658. The average Bonchev–Trinajstić information content (AvgIpc) is 3.11. The van der Waals surface area contributed by atoms with Crippen molar-refractivity contribution in [1.29, 1.82) is 0 Å². The van der Waals surface area contributed by atoms with Crippen LogP contribution in [0.1, 0.15) is 52.7 Å². The molecule has 0 amide bonds. The molecule has 2 aliphatic heterocycles. The molecular weight excluding hydrogens is 696 g/mol. The molecule has 286 valence electrons. The summed E-state index contributed by atoms with van der Waals surface area (Å²) in [6, 6.07) is 19.4. The fourth-order valence-electron chi connectivity index (χ4n) is 7.53. The number of aliphatic hydroxyl groups is 1. The smallest absolute Gasteiger partial charge is 0.321 e. The maximum atomic E-state index is 12.1. The molecule has 0 spiro atoms.